The van der Waals surface area contributed by atoms with Gasteiger partial charge in [-0.15, -0.1) is 0 Å². The molecule has 1 atom stereocenters. The predicted octanol–water partition coefficient (Wildman–Crippen LogP) is 4.76. The fourth-order valence-electron chi connectivity index (χ4n) is 1.64. The number of rotatable bonds is 7. The predicted molar refractivity (Wildman–Crippen MR) is 77.7 cm³/mol. The Morgan fingerprint density at radius 2 is 1.76 bits per heavy atom. The summed E-state index contributed by atoms with van der Waals surface area (Å²) in [6.45, 7) is -1.30. The molecule has 1 aromatic carbocycles. The van der Waals surface area contributed by atoms with Crippen molar-refractivity contribution in [3.8, 4) is 11.5 Å². The monoisotopic (exact) mass is 390 g/mol. The van der Waals surface area contributed by atoms with E-state index in [-0.39, 0.29) is 11.4 Å². The topological polar surface area (TPSA) is 27.7 Å². The Labute approximate surface area is 134 Å². The van der Waals surface area contributed by atoms with Gasteiger partial charge in [-0.25, -0.2) is 0 Å². The van der Waals surface area contributed by atoms with E-state index in [0.717, 1.165) is 0 Å². The van der Waals surface area contributed by atoms with Crippen molar-refractivity contribution in [3.05, 3.63) is 22.7 Å². The first kappa shape index (κ1) is 18.4. The van der Waals surface area contributed by atoms with Gasteiger partial charge in [-0.2, -0.15) is 13.2 Å². The fourth-order valence-corrected chi connectivity index (χ4v) is 2.62. The molecule has 0 aliphatic carbocycles. The van der Waals surface area contributed by atoms with E-state index in [2.05, 4.69) is 20.7 Å². The second kappa shape index (κ2) is 8.10. The van der Waals surface area contributed by atoms with Crippen LogP contribution in [-0.2, 0) is 4.74 Å². The molecular formula is C13H15BrClF3O3. The van der Waals surface area contributed by atoms with E-state index in [4.69, 9.17) is 21.1 Å². The maximum absolute atomic E-state index is 12.0. The van der Waals surface area contributed by atoms with Crippen LogP contribution >= 0.6 is 27.5 Å². The Bertz CT molecular complexity index is 469. The van der Waals surface area contributed by atoms with E-state index in [1.807, 2.05) is 0 Å². The van der Waals surface area contributed by atoms with Gasteiger partial charge in [0.15, 0.2) is 11.5 Å². The van der Waals surface area contributed by atoms with Gasteiger partial charge in [0.2, 0.25) is 0 Å². The van der Waals surface area contributed by atoms with Gasteiger partial charge in [0, 0.05) is 22.5 Å². The Morgan fingerprint density at radius 1 is 1.19 bits per heavy atom. The maximum Gasteiger partial charge on any atom is 0.411 e. The first-order valence-corrected chi connectivity index (χ1v) is 7.28. The summed E-state index contributed by atoms with van der Waals surface area (Å²) >= 11 is 9.52. The Balaban J connectivity index is 2.67. The second-order valence-electron chi connectivity index (χ2n) is 4.15. The molecule has 0 fully saturated rings. The molecule has 0 bridgehead atoms. The van der Waals surface area contributed by atoms with E-state index < -0.39 is 12.8 Å². The zero-order valence-electron chi connectivity index (χ0n) is 11.5. The molecule has 0 saturated heterocycles. The molecule has 1 rings (SSSR count). The summed E-state index contributed by atoms with van der Waals surface area (Å²) in [4.78, 5) is -0.252. The molecule has 0 heterocycles. The average molecular weight is 392 g/mol. The zero-order valence-corrected chi connectivity index (χ0v) is 13.8. The summed E-state index contributed by atoms with van der Waals surface area (Å²) in [5.74, 6) is 0.983. The summed E-state index contributed by atoms with van der Waals surface area (Å²) in [6, 6.07) is 3.28. The zero-order chi connectivity index (χ0) is 16.0. The van der Waals surface area contributed by atoms with Crippen LogP contribution in [0.1, 0.15) is 16.8 Å². The van der Waals surface area contributed by atoms with Gasteiger partial charge in [-0.05, 0) is 18.1 Å². The van der Waals surface area contributed by atoms with Gasteiger partial charge in [0.1, 0.15) is 6.61 Å². The van der Waals surface area contributed by atoms with Crippen molar-refractivity contribution in [3.63, 3.8) is 0 Å². The number of hydrogen-bond acceptors (Lipinski definition) is 3. The number of benzene rings is 1. The molecule has 0 aliphatic rings. The number of alkyl halides is 4. The lowest BCUT2D eigenvalue weighted by Crippen LogP contribution is -2.17. The molecule has 0 N–H and O–H groups in total. The van der Waals surface area contributed by atoms with Crippen LogP contribution in [0, 0.1) is 0 Å². The van der Waals surface area contributed by atoms with Crippen LogP contribution < -0.4 is 9.47 Å². The van der Waals surface area contributed by atoms with Crippen molar-refractivity contribution in [2.24, 2.45) is 0 Å². The minimum Gasteiger partial charge on any atom is -0.493 e. The Morgan fingerprint density at radius 3 is 2.29 bits per heavy atom. The maximum atomic E-state index is 12.0. The van der Waals surface area contributed by atoms with Gasteiger partial charge >= 0.3 is 6.18 Å². The van der Waals surface area contributed by atoms with E-state index in [1.54, 1.807) is 12.1 Å². The molecule has 0 saturated carbocycles. The van der Waals surface area contributed by atoms with Crippen molar-refractivity contribution >= 4 is 27.5 Å². The summed E-state index contributed by atoms with van der Waals surface area (Å²) in [7, 11) is 2.98. The third-order valence-corrected chi connectivity index (χ3v) is 3.90. The summed E-state index contributed by atoms with van der Waals surface area (Å²) in [6.07, 6.45) is -3.98. The molecular weight excluding hydrogens is 376 g/mol. The van der Waals surface area contributed by atoms with Crippen LogP contribution in [0.25, 0.3) is 0 Å². The van der Waals surface area contributed by atoms with Crippen molar-refractivity contribution in [1.82, 2.24) is 0 Å². The molecule has 8 heteroatoms. The SMILES string of the molecule is COc1cc(Cl)c(C(Br)CCOCC(F)(F)F)cc1OC. The smallest absolute Gasteiger partial charge is 0.411 e. The molecule has 0 radical (unpaired) electrons. The van der Waals surface area contributed by atoms with E-state index in [9.17, 15) is 13.2 Å². The lowest BCUT2D eigenvalue weighted by molar-refractivity contribution is -0.174. The summed E-state index contributed by atoms with van der Waals surface area (Å²) in [5, 5.41) is 0.436. The van der Waals surface area contributed by atoms with Crippen LogP contribution in [0.3, 0.4) is 0 Å². The molecule has 1 unspecified atom stereocenters. The third-order valence-electron chi connectivity index (χ3n) is 2.62. The van der Waals surface area contributed by atoms with Crippen molar-refractivity contribution in [2.45, 2.75) is 17.4 Å². The minimum atomic E-state index is -4.32. The third kappa shape index (κ3) is 5.92. The summed E-state index contributed by atoms with van der Waals surface area (Å²) in [5.41, 5.74) is 0.699. The highest BCUT2D eigenvalue weighted by molar-refractivity contribution is 9.09. The van der Waals surface area contributed by atoms with Crippen LogP contribution in [-0.4, -0.2) is 33.6 Å². The fraction of sp³-hybridized carbons (Fsp3) is 0.538. The van der Waals surface area contributed by atoms with Crippen molar-refractivity contribution < 1.29 is 27.4 Å². The van der Waals surface area contributed by atoms with Crippen LogP contribution in [0.4, 0.5) is 13.2 Å². The number of halogens is 5. The average Bonchev–Trinajstić information content (AvgIpc) is 2.41. The highest BCUT2D eigenvalue weighted by atomic mass is 79.9. The number of methoxy groups -OCH3 is 2. The first-order chi connectivity index (χ1) is 9.78. The van der Waals surface area contributed by atoms with E-state index in [0.29, 0.717) is 28.5 Å². The lowest BCUT2D eigenvalue weighted by Gasteiger charge is -2.16. The Hall–Kier alpha value is -0.660. The highest BCUT2D eigenvalue weighted by Crippen LogP contribution is 2.39. The molecule has 0 spiro atoms. The quantitative estimate of drug-likeness (QED) is 0.495. The van der Waals surface area contributed by atoms with Crippen molar-refractivity contribution in [1.29, 1.82) is 0 Å². The first-order valence-electron chi connectivity index (χ1n) is 5.98. The lowest BCUT2D eigenvalue weighted by atomic mass is 10.1. The molecule has 0 amide bonds. The molecule has 120 valence electrons. The molecule has 0 aromatic heterocycles. The van der Waals surface area contributed by atoms with E-state index >= 15 is 0 Å². The Kier molecular flexibility index (Phi) is 7.09. The van der Waals surface area contributed by atoms with Gasteiger partial charge in [0.05, 0.1) is 14.2 Å². The van der Waals surface area contributed by atoms with Crippen LogP contribution in [0.15, 0.2) is 12.1 Å². The van der Waals surface area contributed by atoms with Crippen molar-refractivity contribution in [2.75, 3.05) is 27.4 Å². The normalized spacial score (nSPS) is 13.1. The van der Waals surface area contributed by atoms with Gasteiger partial charge in [0.25, 0.3) is 0 Å². The van der Waals surface area contributed by atoms with E-state index in [1.165, 1.54) is 14.2 Å². The summed E-state index contributed by atoms with van der Waals surface area (Å²) < 4.78 is 50.7. The molecule has 1 aromatic rings. The molecule has 0 aliphatic heterocycles. The number of ether oxygens (including phenoxy) is 3. The minimum absolute atomic E-state index is 0.0416. The molecule has 3 nitrogen and oxygen atoms in total. The number of hydrogen-bond donors (Lipinski definition) is 0. The highest BCUT2D eigenvalue weighted by Gasteiger charge is 2.27. The van der Waals surface area contributed by atoms with Crippen LogP contribution in [0.2, 0.25) is 5.02 Å². The largest absolute Gasteiger partial charge is 0.493 e. The van der Waals surface area contributed by atoms with Gasteiger partial charge < -0.3 is 14.2 Å². The second-order valence-corrected chi connectivity index (χ2v) is 5.67. The standard InChI is InChI=1S/C13H15BrClF3O3/c1-19-11-5-8(10(15)6-12(11)20-2)9(14)3-4-21-7-13(16,17)18/h5-6,9H,3-4,7H2,1-2H3. The van der Waals surface area contributed by atoms with Crippen LogP contribution in [0.5, 0.6) is 11.5 Å². The van der Waals surface area contributed by atoms with Gasteiger partial charge in [-0.1, -0.05) is 27.5 Å². The van der Waals surface area contributed by atoms with Gasteiger partial charge in [-0.3, -0.25) is 0 Å². The molecule has 21 heavy (non-hydrogen) atoms.